The number of aromatic nitrogens is 1. The number of hydrogen-bond donors (Lipinski definition) is 1. The van der Waals surface area contributed by atoms with Gasteiger partial charge in [-0.15, -0.1) is 0 Å². The van der Waals surface area contributed by atoms with Gasteiger partial charge in [-0.1, -0.05) is 36.4 Å². The summed E-state index contributed by atoms with van der Waals surface area (Å²) >= 11 is 0. The molecule has 0 bridgehead atoms. The van der Waals surface area contributed by atoms with Crippen LogP contribution in [0.3, 0.4) is 0 Å². The number of pyridine rings is 1. The smallest absolute Gasteiger partial charge is 0.236 e. The zero-order valence-corrected chi connectivity index (χ0v) is 16.5. The largest absolute Gasteiger partial charge is 0.342 e. The van der Waals surface area contributed by atoms with Gasteiger partial charge in [0.2, 0.25) is 5.91 Å². The molecule has 2 fully saturated rings. The minimum atomic E-state index is 0.224. The second kappa shape index (κ2) is 9.30. The van der Waals surface area contributed by atoms with Crippen molar-refractivity contribution in [3.8, 4) is 0 Å². The minimum Gasteiger partial charge on any atom is -0.342 e. The summed E-state index contributed by atoms with van der Waals surface area (Å²) in [6.07, 6.45) is 7.06. The third-order valence-corrected chi connectivity index (χ3v) is 6.10. The van der Waals surface area contributed by atoms with Crippen LogP contribution in [0.2, 0.25) is 0 Å². The van der Waals surface area contributed by atoms with Crippen molar-refractivity contribution in [2.45, 2.75) is 25.3 Å². The van der Waals surface area contributed by atoms with Crippen LogP contribution in [-0.2, 0) is 11.2 Å². The molecule has 3 heterocycles. The quantitative estimate of drug-likeness (QED) is 0.869. The van der Waals surface area contributed by atoms with Crippen molar-refractivity contribution < 1.29 is 4.79 Å². The molecular weight excluding hydrogens is 348 g/mol. The standard InChI is InChI=1S/C23H30N4O/c28-23(18-27-14-11-25-17-22(27)21-7-4-10-24-16-21)26-12-8-20(9-13-26)15-19-5-2-1-3-6-19/h1-7,10,16,20,22,25H,8-9,11-15,17-18H2. The van der Waals surface area contributed by atoms with Gasteiger partial charge in [0.05, 0.1) is 6.54 Å². The Bertz CT molecular complexity index is 744. The van der Waals surface area contributed by atoms with Gasteiger partial charge in [0.1, 0.15) is 0 Å². The van der Waals surface area contributed by atoms with Crippen LogP contribution in [0.4, 0.5) is 0 Å². The summed E-state index contributed by atoms with van der Waals surface area (Å²) in [7, 11) is 0. The number of hydrogen-bond acceptors (Lipinski definition) is 4. The monoisotopic (exact) mass is 378 g/mol. The molecule has 0 radical (unpaired) electrons. The summed E-state index contributed by atoms with van der Waals surface area (Å²) in [6, 6.07) is 15.0. The zero-order valence-electron chi connectivity index (χ0n) is 16.5. The van der Waals surface area contributed by atoms with Gasteiger partial charge in [-0.3, -0.25) is 14.7 Å². The van der Waals surface area contributed by atoms with Crippen molar-refractivity contribution in [2.24, 2.45) is 5.92 Å². The summed E-state index contributed by atoms with van der Waals surface area (Å²) in [5.74, 6) is 0.961. The van der Waals surface area contributed by atoms with E-state index in [9.17, 15) is 4.79 Å². The van der Waals surface area contributed by atoms with Gasteiger partial charge in [0.25, 0.3) is 0 Å². The molecule has 0 aliphatic carbocycles. The predicted octanol–water partition coefficient (Wildman–Crippen LogP) is 2.51. The predicted molar refractivity (Wildman–Crippen MR) is 111 cm³/mol. The van der Waals surface area contributed by atoms with E-state index in [-0.39, 0.29) is 11.9 Å². The number of nitrogens with zero attached hydrogens (tertiary/aromatic N) is 3. The SMILES string of the molecule is O=C(CN1CCNCC1c1cccnc1)N1CCC(Cc2ccccc2)CC1. The first kappa shape index (κ1) is 19.1. The molecule has 1 unspecified atom stereocenters. The molecule has 1 aromatic heterocycles. The van der Waals surface area contributed by atoms with Crippen molar-refractivity contribution in [3.05, 3.63) is 66.0 Å². The van der Waals surface area contributed by atoms with Crippen LogP contribution >= 0.6 is 0 Å². The molecule has 1 aromatic carbocycles. The number of piperazine rings is 1. The van der Waals surface area contributed by atoms with Gasteiger partial charge in [0.15, 0.2) is 0 Å². The van der Waals surface area contributed by atoms with Crippen LogP contribution in [0.25, 0.3) is 0 Å². The Labute approximate surface area is 167 Å². The van der Waals surface area contributed by atoms with E-state index in [1.165, 1.54) is 11.1 Å². The molecule has 1 atom stereocenters. The van der Waals surface area contributed by atoms with Crippen molar-refractivity contribution in [1.82, 2.24) is 20.1 Å². The van der Waals surface area contributed by atoms with Crippen LogP contribution in [0.5, 0.6) is 0 Å². The van der Waals surface area contributed by atoms with Crippen molar-refractivity contribution in [2.75, 3.05) is 39.3 Å². The Hall–Kier alpha value is -2.24. The summed E-state index contributed by atoms with van der Waals surface area (Å²) in [4.78, 5) is 21.6. The molecule has 2 aliphatic heterocycles. The van der Waals surface area contributed by atoms with Crippen LogP contribution in [0.1, 0.15) is 30.0 Å². The molecule has 28 heavy (non-hydrogen) atoms. The molecule has 5 nitrogen and oxygen atoms in total. The summed E-state index contributed by atoms with van der Waals surface area (Å²) in [6.45, 7) is 4.99. The van der Waals surface area contributed by atoms with Crippen molar-refractivity contribution >= 4 is 5.91 Å². The lowest BCUT2D eigenvalue weighted by atomic mass is 9.90. The van der Waals surface area contributed by atoms with Gasteiger partial charge >= 0.3 is 0 Å². The highest BCUT2D eigenvalue weighted by Crippen LogP contribution is 2.24. The fourth-order valence-corrected chi connectivity index (χ4v) is 4.45. The van der Waals surface area contributed by atoms with E-state index in [0.29, 0.717) is 12.5 Å². The third kappa shape index (κ3) is 4.78. The molecular formula is C23H30N4O. The number of amides is 1. The molecule has 0 spiro atoms. The lowest BCUT2D eigenvalue weighted by molar-refractivity contribution is -0.134. The minimum absolute atomic E-state index is 0.224. The molecule has 2 aliphatic rings. The number of carbonyl (C=O) groups excluding carboxylic acids is 1. The normalized spacial score (nSPS) is 21.6. The Morgan fingerprint density at radius 1 is 1.07 bits per heavy atom. The summed E-state index contributed by atoms with van der Waals surface area (Å²) in [5.41, 5.74) is 2.59. The first-order chi connectivity index (χ1) is 13.8. The average Bonchev–Trinajstić information content (AvgIpc) is 2.76. The maximum absolute atomic E-state index is 13.0. The lowest BCUT2D eigenvalue weighted by Gasteiger charge is -2.38. The second-order valence-electron chi connectivity index (χ2n) is 7.99. The summed E-state index contributed by atoms with van der Waals surface area (Å²) in [5, 5.41) is 3.45. The topological polar surface area (TPSA) is 48.5 Å². The van der Waals surface area contributed by atoms with Crippen LogP contribution in [0, 0.1) is 5.92 Å². The van der Waals surface area contributed by atoms with E-state index >= 15 is 0 Å². The fourth-order valence-electron chi connectivity index (χ4n) is 4.45. The highest BCUT2D eigenvalue weighted by Gasteiger charge is 2.29. The van der Waals surface area contributed by atoms with E-state index in [2.05, 4.69) is 56.5 Å². The van der Waals surface area contributed by atoms with Crippen molar-refractivity contribution in [1.29, 1.82) is 0 Å². The number of benzene rings is 1. The van der Waals surface area contributed by atoms with Gasteiger partial charge in [0, 0.05) is 51.2 Å². The Morgan fingerprint density at radius 3 is 2.64 bits per heavy atom. The molecule has 148 valence electrons. The van der Waals surface area contributed by atoms with Gasteiger partial charge in [-0.05, 0) is 42.4 Å². The van der Waals surface area contributed by atoms with Gasteiger partial charge < -0.3 is 10.2 Å². The molecule has 2 saturated heterocycles. The van der Waals surface area contributed by atoms with E-state index in [1.54, 1.807) is 6.20 Å². The van der Waals surface area contributed by atoms with E-state index in [0.717, 1.165) is 52.0 Å². The number of rotatable bonds is 5. The molecule has 1 amide bonds. The average molecular weight is 379 g/mol. The fraction of sp³-hybridized carbons (Fsp3) is 0.478. The highest BCUT2D eigenvalue weighted by molar-refractivity contribution is 5.78. The lowest BCUT2D eigenvalue weighted by Crippen LogP contribution is -2.51. The maximum atomic E-state index is 13.0. The van der Waals surface area contributed by atoms with Gasteiger partial charge in [-0.2, -0.15) is 0 Å². The summed E-state index contributed by atoms with van der Waals surface area (Å²) < 4.78 is 0. The van der Waals surface area contributed by atoms with Crippen LogP contribution in [0.15, 0.2) is 54.9 Å². The Balaban J connectivity index is 1.30. The van der Waals surface area contributed by atoms with Crippen molar-refractivity contribution in [3.63, 3.8) is 0 Å². The first-order valence-electron chi connectivity index (χ1n) is 10.5. The molecule has 2 aromatic rings. The van der Waals surface area contributed by atoms with Crippen LogP contribution in [-0.4, -0.2) is 60.0 Å². The number of nitrogens with one attached hydrogen (secondary N) is 1. The second-order valence-corrected chi connectivity index (χ2v) is 7.99. The first-order valence-corrected chi connectivity index (χ1v) is 10.5. The van der Waals surface area contributed by atoms with Crippen LogP contribution < -0.4 is 5.32 Å². The van der Waals surface area contributed by atoms with Gasteiger partial charge in [-0.25, -0.2) is 0 Å². The van der Waals surface area contributed by atoms with E-state index in [4.69, 9.17) is 0 Å². The molecule has 5 heteroatoms. The van der Waals surface area contributed by atoms with E-state index in [1.807, 2.05) is 12.3 Å². The highest BCUT2D eigenvalue weighted by atomic mass is 16.2. The Morgan fingerprint density at radius 2 is 1.89 bits per heavy atom. The zero-order chi connectivity index (χ0) is 19.2. The Kier molecular flexibility index (Phi) is 6.34. The molecule has 4 rings (SSSR count). The number of piperidine rings is 1. The third-order valence-electron chi connectivity index (χ3n) is 6.10. The number of carbonyl (C=O) groups is 1. The number of likely N-dealkylation sites (tertiary alicyclic amines) is 1. The molecule has 0 saturated carbocycles. The molecule has 1 N–H and O–H groups in total. The van der Waals surface area contributed by atoms with E-state index < -0.39 is 0 Å². The maximum Gasteiger partial charge on any atom is 0.236 e.